The van der Waals surface area contributed by atoms with Crippen molar-refractivity contribution in [3.05, 3.63) is 54.4 Å². The Labute approximate surface area is 169 Å². The third kappa shape index (κ3) is 5.17. The minimum absolute atomic E-state index is 0.165. The molecule has 0 radical (unpaired) electrons. The summed E-state index contributed by atoms with van der Waals surface area (Å²) in [6.45, 7) is 1.71. The largest absolute Gasteiger partial charge is 0.355 e. The van der Waals surface area contributed by atoms with E-state index in [2.05, 4.69) is 15.6 Å². The maximum absolute atomic E-state index is 12.6. The highest BCUT2D eigenvalue weighted by Gasteiger charge is 2.29. The summed E-state index contributed by atoms with van der Waals surface area (Å²) < 4.78 is 26.6. The van der Waals surface area contributed by atoms with Crippen LogP contribution in [0.1, 0.15) is 10.4 Å². The standard InChI is InChI=1S/C19H23N5O4S/c1-20-19(26)15-4-6-16(7-5-15)22-18(25)14-23-9-11-24(12-10-23)29(27,28)17-3-2-8-21-13-17/h2-8,13H,9-12,14H2,1H3,(H,20,26)(H,22,25). The summed E-state index contributed by atoms with van der Waals surface area (Å²) in [6.07, 6.45) is 2.87. The van der Waals surface area contributed by atoms with Crippen molar-refractivity contribution in [2.24, 2.45) is 0 Å². The molecular formula is C19H23N5O4S. The van der Waals surface area contributed by atoms with Gasteiger partial charge < -0.3 is 10.6 Å². The Hall–Kier alpha value is -2.82. The number of hydrogen-bond acceptors (Lipinski definition) is 6. The van der Waals surface area contributed by atoms with Crippen LogP contribution in [0.5, 0.6) is 0 Å². The van der Waals surface area contributed by atoms with Crippen LogP contribution < -0.4 is 10.6 Å². The van der Waals surface area contributed by atoms with Crippen LogP contribution in [-0.2, 0) is 14.8 Å². The minimum atomic E-state index is -3.56. The van der Waals surface area contributed by atoms with Gasteiger partial charge >= 0.3 is 0 Å². The van der Waals surface area contributed by atoms with Crippen molar-refractivity contribution in [3.8, 4) is 0 Å². The van der Waals surface area contributed by atoms with Crippen molar-refractivity contribution in [3.63, 3.8) is 0 Å². The van der Waals surface area contributed by atoms with Crippen molar-refractivity contribution in [1.29, 1.82) is 0 Å². The average Bonchev–Trinajstić information content (AvgIpc) is 2.74. The van der Waals surface area contributed by atoms with Gasteiger partial charge in [-0.15, -0.1) is 0 Å². The van der Waals surface area contributed by atoms with Crippen LogP contribution in [0.15, 0.2) is 53.7 Å². The molecule has 0 saturated carbocycles. The average molecular weight is 417 g/mol. The Kier molecular flexibility index (Phi) is 6.57. The first-order valence-electron chi connectivity index (χ1n) is 9.14. The Morgan fingerprint density at radius 1 is 1.07 bits per heavy atom. The Bertz CT molecular complexity index is 956. The zero-order chi connectivity index (χ0) is 20.9. The molecule has 1 fully saturated rings. The van der Waals surface area contributed by atoms with Crippen molar-refractivity contribution in [2.45, 2.75) is 4.90 Å². The van der Waals surface area contributed by atoms with Crippen molar-refractivity contribution in [2.75, 3.05) is 45.1 Å². The predicted molar refractivity (Wildman–Crippen MR) is 108 cm³/mol. The summed E-state index contributed by atoms with van der Waals surface area (Å²) in [5.74, 6) is -0.386. The van der Waals surface area contributed by atoms with Gasteiger partial charge in [-0.1, -0.05) is 0 Å². The lowest BCUT2D eigenvalue weighted by Gasteiger charge is -2.33. The number of piperazine rings is 1. The number of anilines is 1. The normalized spacial score (nSPS) is 15.6. The van der Waals surface area contributed by atoms with E-state index in [1.807, 2.05) is 4.90 Å². The van der Waals surface area contributed by atoms with Crippen molar-refractivity contribution >= 4 is 27.5 Å². The molecule has 1 aliphatic heterocycles. The molecule has 2 heterocycles. The topological polar surface area (TPSA) is 112 Å². The molecule has 29 heavy (non-hydrogen) atoms. The first-order chi connectivity index (χ1) is 13.9. The predicted octanol–water partition coefficient (Wildman–Crippen LogP) is 0.386. The van der Waals surface area contributed by atoms with Crippen LogP contribution in [-0.4, -0.2) is 74.2 Å². The number of nitrogens with one attached hydrogen (secondary N) is 2. The van der Waals surface area contributed by atoms with Gasteiger partial charge in [0.15, 0.2) is 0 Å². The summed E-state index contributed by atoms with van der Waals surface area (Å²) in [6, 6.07) is 9.72. The highest BCUT2D eigenvalue weighted by molar-refractivity contribution is 7.89. The minimum Gasteiger partial charge on any atom is -0.355 e. The van der Waals surface area contributed by atoms with E-state index in [1.165, 1.54) is 22.8 Å². The molecule has 1 aliphatic rings. The van der Waals surface area contributed by atoms with Crippen LogP contribution in [0.25, 0.3) is 0 Å². The molecule has 0 bridgehead atoms. The molecule has 0 spiro atoms. The van der Waals surface area contributed by atoms with Gasteiger partial charge in [0, 0.05) is 56.9 Å². The fourth-order valence-corrected chi connectivity index (χ4v) is 4.42. The van der Waals surface area contributed by atoms with Crippen molar-refractivity contribution < 1.29 is 18.0 Å². The number of sulfonamides is 1. The Balaban J connectivity index is 1.50. The second kappa shape index (κ2) is 9.12. The van der Waals surface area contributed by atoms with Gasteiger partial charge in [0.1, 0.15) is 4.90 Å². The monoisotopic (exact) mass is 417 g/mol. The molecule has 154 valence electrons. The van der Waals surface area contributed by atoms with E-state index in [-0.39, 0.29) is 23.3 Å². The molecule has 3 rings (SSSR count). The van der Waals surface area contributed by atoms with Gasteiger partial charge in [0.25, 0.3) is 5.91 Å². The number of pyridine rings is 1. The van der Waals surface area contributed by atoms with E-state index in [1.54, 1.807) is 37.4 Å². The van der Waals surface area contributed by atoms with E-state index in [0.717, 1.165) is 0 Å². The first kappa shape index (κ1) is 20.9. The number of carbonyl (C=O) groups excluding carboxylic acids is 2. The summed E-state index contributed by atoms with van der Waals surface area (Å²) in [7, 11) is -2.01. The molecule has 9 nitrogen and oxygen atoms in total. The molecular weight excluding hydrogens is 394 g/mol. The number of nitrogens with zero attached hydrogens (tertiary/aromatic N) is 3. The van der Waals surface area contributed by atoms with Crippen LogP contribution >= 0.6 is 0 Å². The van der Waals surface area contributed by atoms with Gasteiger partial charge in [0.2, 0.25) is 15.9 Å². The highest BCUT2D eigenvalue weighted by atomic mass is 32.2. The lowest BCUT2D eigenvalue weighted by molar-refractivity contribution is -0.117. The molecule has 0 unspecified atom stereocenters. The third-order valence-corrected chi connectivity index (χ3v) is 6.51. The quantitative estimate of drug-likeness (QED) is 0.703. The molecule has 1 aromatic heterocycles. The molecule has 0 atom stereocenters. The van der Waals surface area contributed by atoms with Crippen LogP contribution in [0, 0.1) is 0 Å². The number of hydrogen-bond donors (Lipinski definition) is 2. The first-order valence-corrected chi connectivity index (χ1v) is 10.6. The number of carbonyl (C=O) groups is 2. The van der Waals surface area contributed by atoms with Crippen LogP contribution in [0.2, 0.25) is 0 Å². The number of aromatic nitrogens is 1. The molecule has 1 aromatic carbocycles. The SMILES string of the molecule is CNC(=O)c1ccc(NC(=O)CN2CCN(S(=O)(=O)c3cccnc3)CC2)cc1. The second-order valence-electron chi connectivity index (χ2n) is 6.57. The van der Waals surface area contributed by atoms with E-state index in [0.29, 0.717) is 37.4 Å². The third-order valence-electron chi connectivity index (χ3n) is 4.63. The lowest BCUT2D eigenvalue weighted by Crippen LogP contribution is -2.50. The van der Waals surface area contributed by atoms with E-state index < -0.39 is 10.0 Å². The second-order valence-corrected chi connectivity index (χ2v) is 8.51. The van der Waals surface area contributed by atoms with E-state index in [4.69, 9.17) is 0 Å². The van der Waals surface area contributed by atoms with E-state index >= 15 is 0 Å². The summed E-state index contributed by atoms with van der Waals surface area (Å²) >= 11 is 0. The van der Waals surface area contributed by atoms with Gasteiger partial charge in [-0.3, -0.25) is 19.5 Å². The molecule has 10 heteroatoms. The zero-order valence-electron chi connectivity index (χ0n) is 16.0. The van der Waals surface area contributed by atoms with E-state index in [9.17, 15) is 18.0 Å². The maximum Gasteiger partial charge on any atom is 0.251 e. The van der Waals surface area contributed by atoms with Gasteiger partial charge in [-0.25, -0.2) is 8.42 Å². The lowest BCUT2D eigenvalue weighted by atomic mass is 10.2. The smallest absolute Gasteiger partial charge is 0.251 e. The Morgan fingerprint density at radius 3 is 2.34 bits per heavy atom. The number of amides is 2. The van der Waals surface area contributed by atoms with Crippen molar-refractivity contribution in [1.82, 2.24) is 19.5 Å². The summed E-state index contributed by atoms with van der Waals surface area (Å²) in [5, 5.41) is 5.33. The molecule has 2 amide bonds. The van der Waals surface area contributed by atoms with Gasteiger partial charge in [-0.05, 0) is 36.4 Å². The molecule has 0 aliphatic carbocycles. The van der Waals surface area contributed by atoms with Gasteiger partial charge in [0.05, 0.1) is 6.54 Å². The number of benzene rings is 1. The fraction of sp³-hybridized carbons (Fsp3) is 0.316. The van der Waals surface area contributed by atoms with Gasteiger partial charge in [-0.2, -0.15) is 4.31 Å². The maximum atomic E-state index is 12.6. The highest BCUT2D eigenvalue weighted by Crippen LogP contribution is 2.16. The Morgan fingerprint density at radius 2 is 1.76 bits per heavy atom. The zero-order valence-corrected chi connectivity index (χ0v) is 16.9. The molecule has 2 aromatic rings. The fourth-order valence-electron chi connectivity index (χ4n) is 3.03. The van der Waals surface area contributed by atoms with Crippen LogP contribution in [0.4, 0.5) is 5.69 Å². The summed E-state index contributed by atoms with van der Waals surface area (Å²) in [4.78, 5) is 29.8. The summed E-state index contributed by atoms with van der Waals surface area (Å²) in [5.41, 5.74) is 1.11. The number of rotatable bonds is 6. The molecule has 1 saturated heterocycles. The molecule has 2 N–H and O–H groups in total. The van der Waals surface area contributed by atoms with Crippen LogP contribution in [0.3, 0.4) is 0 Å².